The summed E-state index contributed by atoms with van der Waals surface area (Å²) in [6.45, 7) is 6.39. The third kappa shape index (κ3) is 5.12. The quantitative estimate of drug-likeness (QED) is 0.315. The molecule has 6 heterocycles. The number of pyridine rings is 3. The van der Waals surface area contributed by atoms with E-state index in [1.165, 1.54) is 0 Å². The summed E-state index contributed by atoms with van der Waals surface area (Å²) in [6, 6.07) is 7.94. The molecule has 2 aliphatic rings. The molecule has 0 saturated carbocycles. The van der Waals surface area contributed by atoms with Gasteiger partial charge < -0.3 is 34.8 Å². The van der Waals surface area contributed by atoms with Crippen molar-refractivity contribution < 1.29 is 14.6 Å². The molecule has 4 aromatic heterocycles. The van der Waals surface area contributed by atoms with Crippen molar-refractivity contribution in [2.75, 3.05) is 44.0 Å². The number of amides is 1. The summed E-state index contributed by atoms with van der Waals surface area (Å²) in [6.07, 6.45) is 5.16. The Morgan fingerprint density at radius 3 is 2.83 bits per heavy atom. The number of rotatable bonds is 7. The fourth-order valence-electron chi connectivity index (χ4n) is 5.64. The van der Waals surface area contributed by atoms with Gasteiger partial charge in [-0.15, -0.1) is 0 Å². The molecule has 1 amide bonds. The lowest BCUT2D eigenvalue weighted by Gasteiger charge is -2.40. The zero-order valence-corrected chi connectivity index (χ0v) is 24.1. The van der Waals surface area contributed by atoms with Gasteiger partial charge >= 0.3 is 0 Å². The molecule has 1 saturated heterocycles. The van der Waals surface area contributed by atoms with E-state index in [9.17, 15) is 9.90 Å². The number of aryl methyl sites for hydroxylation is 1. The van der Waals surface area contributed by atoms with E-state index in [-0.39, 0.29) is 12.0 Å². The standard InChI is InChI=1S/C30H36N8O3/c1-30(2,40)24-17-38(12-13-41-24)23-6-7-25(35-22(23)16-36(3)4)34-21-15-32-27(20-14-33-29(39)26(20)21)18-8-10-31-28-19(18)9-11-37(28)5/h6-11,15,24,40H,12-14,16-17H2,1-5H3,(H,33,39)(H,34,35)/t24-/m1/s1. The van der Waals surface area contributed by atoms with E-state index >= 15 is 0 Å². The summed E-state index contributed by atoms with van der Waals surface area (Å²) in [4.78, 5) is 31.7. The van der Waals surface area contributed by atoms with E-state index in [0.29, 0.717) is 49.9 Å². The van der Waals surface area contributed by atoms with E-state index in [2.05, 4.69) is 25.4 Å². The number of ether oxygens (including phenoxy) is 1. The van der Waals surface area contributed by atoms with E-state index in [1.54, 1.807) is 26.2 Å². The number of hydrogen-bond acceptors (Lipinski definition) is 9. The fourth-order valence-corrected chi connectivity index (χ4v) is 5.64. The summed E-state index contributed by atoms with van der Waals surface area (Å²) in [5.41, 5.74) is 5.58. The molecule has 0 unspecified atom stereocenters. The van der Waals surface area contributed by atoms with Gasteiger partial charge in [0.2, 0.25) is 0 Å². The molecule has 0 spiro atoms. The summed E-state index contributed by atoms with van der Waals surface area (Å²) in [5.74, 6) is 0.490. The first-order valence-electron chi connectivity index (χ1n) is 13.8. The fraction of sp³-hybridized carbons (Fsp3) is 0.400. The Balaban J connectivity index is 1.35. The smallest absolute Gasteiger partial charge is 0.254 e. The molecule has 0 bridgehead atoms. The van der Waals surface area contributed by atoms with Crippen LogP contribution in [0.4, 0.5) is 17.2 Å². The van der Waals surface area contributed by atoms with Gasteiger partial charge in [-0.1, -0.05) is 0 Å². The Labute approximate surface area is 239 Å². The number of nitrogens with zero attached hydrogens (tertiary/aromatic N) is 6. The van der Waals surface area contributed by atoms with Crippen molar-refractivity contribution in [3.05, 3.63) is 59.7 Å². The molecule has 11 heteroatoms. The minimum atomic E-state index is -0.946. The van der Waals surface area contributed by atoms with Gasteiger partial charge in [-0.3, -0.25) is 9.78 Å². The highest BCUT2D eigenvalue weighted by atomic mass is 16.5. The molecule has 0 aromatic carbocycles. The Kier molecular flexibility index (Phi) is 6.88. The summed E-state index contributed by atoms with van der Waals surface area (Å²) in [5, 5.41) is 17.9. The lowest BCUT2D eigenvalue weighted by atomic mass is 10.00. The summed E-state index contributed by atoms with van der Waals surface area (Å²) in [7, 11) is 5.98. The highest BCUT2D eigenvalue weighted by molar-refractivity contribution is 6.06. The molecular formula is C30H36N8O3. The zero-order chi connectivity index (χ0) is 28.9. The van der Waals surface area contributed by atoms with Crippen molar-refractivity contribution in [2.24, 2.45) is 7.05 Å². The number of hydrogen-bond donors (Lipinski definition) is 3. The van der Waals surface area contributed by atoms with Crippen molar-refractivity contribution in [2.45, 2.75) is 38.6 Å². The van der Waals surface area contributed by atoms with Crippen LogP contribution >= 0.6 is 0 Å². The minimum absolute atomic E-state index is 0.138. The first-order chi connectivity index (χ1) is 19.6. The van der Waals surface area contributed by atoms with Crippen LogP contribution in [0.3, 0.4) is 0 Å². The van der Waals surface area contributed by atoms with Crippen molar-refractivity contribution in [1.29, 1.82) is 0 Å². The first kappa shape index (κ1) is 27.1. The molecule has 1 fully saturated rings. The highest BCUT2D eigenvalue weighted by Crippen LogP contribution is 2.36. The van der Waals surface area contributed by atoms with Crippen LogP contribution in [-0.2, 0) is 24.9 Å². The maximum absolute atomic E-state index is 13.1. The monoisotopic (exact) mass is 556 g/mol. The molecule has 4 aromatic rings. The largest absolute Gasteiger partial charge is 0.388 e. The van der Waals surface area contributed by atoms with Gasteiger partial charge in [0, 0.05) is 62.1 Å². The Morgan fingerprint density at radius 1 is 1.22 bits per heavy atom. The topological polar surface area (TPSA) is 121 Å². The number of anilines is 3. The van der Waals surface area contributed by atoms with Crippen molar-refractivity contribution in [3.63, 3.8) is 0 Å². The van der Waals surface area contributed by atoms with E-state index in [0.717, 1.165) is 39.2 Å². The molecule has 214 valence electrons. The van der Waals surface area contributed by atoms with E-state index in [4.69, 9.17) is 14.7 Å². The SMILES string of the molecule is CN(C)Cc1nc(Nc2cnc(-c3ccnc4c3ccn4C)c3c2C(=O)NC3)ccc1N1CCO[C@@H](C(C)(C)O)C1. The maximum Gasteiger partial charge on any atom is 0.254 e. The van der Waals surface area contributed by atoms with Crippen molar-refractivity contribution in [1.82, 2.24) is 29.7 Å². The van der Waals surface area contributed by atoms with Crippen LogP contribution < -0.4 is 15.5 Å². The number of nitrogens with one attached hydrogen (secondary N) is 2. The summed E-state index contributed by atoms with van der Waals surface area (Å²) >= 11 is 0. The van der Waals surface area contributed by atoms with Gasteiger partial charge in [-0.05, 0) is 52.2 Å². The number of aliphatic hydroxyl groups is 1. The van der Waals surface area contributed by atoms with Gasteiger partial charge in [0.05, 0.1) is 46.7 Å². The van der Waals surface area contributed by atoms with Gasteiger partial charge in [0.1, 0.15) is 17.6 Å². The minimum Gasteiger partial charge on any atom is -0.388 e. The second kappa shape index (κ2) is 10.4. The van der Waals surface area contributed by atoms with E-state index < -0.39 is 5.60 Å². The Morgan fingerprint density at radius 2 is 2.05 bits per heavy atom. The van der Waals surface area contributed by atoms with Crippen LogP contribution in [-0.4, -0.2) is 80.9 Å². The lowest BCUT2D eigenvalue weighted by molar-refractivity contribution is -0.0928. The molecule has 3 N–H and O–H groups in total. The molecule has 6 rings (SSSR count). The van der Waals surface area contributed by atoms with Crippen molar-refractivity contribution in [3.8, 4) is 11.3 Å². The average Bonchev–Trinajstić information content (AvgIpc) is 3.51. The molecular weight excluding hydrogens is 520 g/mol. The normalized spacial score (nSPS) is 17.3. The highest BCUT2D eigenvalue weighted by Gasteiger charge is 2.34. The lowest BCUT2D eigenvalue weighted by Crippen LogP contribution is -2.52. The van der Waals surface area contributed by atoms with Gasteiger partial charge in [0.15, 0.2) is 0 Å². The summed E-state index contributed by atoms with van der Waals surface area (Å²) < 4.78 is 7.83. The van der Waals surface area contributed by atoms with Crippen LogP contribution in [0.2, 0.25) is 0 Å². The molecule has 0 radical (unpaired) electrons. The van der Waals surface area contributed by atoms with Crippen LogP contribution in [0.15, 0.2) is 42.9 Å². The second-order valence-corrected chi connectivity index (χ2v) is 11.6. The molecule has 0 aliphatic carbocycles. The number of aromatic nitrogens is 4. The molecule has 41 heavy (non-hydrogen) atoms. The maximum atomic E-state index is 13.1. The number of morpholine rings is 1. The third-order valence-electron chi connectivity index (χ3n) is 7.73. The van der Waals surface area contributed by atoms with Gasteiger partial charge in [0.25, 0.3) is 5.91 Å². The Hall–Kier alpha value is -4.06. The number of fused-ring (bicyclic) bond motifs is 2. The molecule has 11 nitrogen and oxygen atoms in total. The predicted molar refractivity (Wildman–Crippen MR) is 158 cm³/mol. The predicted octanol–water partition coefficient (Wildman–Crippen LogP) is 3.06. The van der Waals surface area contributed by atoms with Gasteiger partial charge in [-0.2, -0.15) is 0 Å². The number of carbonyl (C=O) groups is 1. The van der Waals surface area contributed by atoms with E-state index in [1.807, 2.05) is 56.2 Å². The second-order valence-electron chi connectivity index (χ2n) is 11.6. The molecule has 1 atom stereocenters. The van der Waals surface area contributed by atoms with Gasteiger partial charge in [-0.25, -0.2) is 9.97 Å². The van der Waals surface area contributed by atoms with Crippen LogP contribution in [0.25, 0.3) is 22.3 Å². The zero-order valence-electron chi connectivity index (χ0n) is 24.1. The third-order valence-corrected chi connectivity index (χ3v) is 7.73. The van der Waals surface area contributed by atoms with Crippen molar-refractivity contribution >= 4 is 34.1 Å². The Bertz CT molecular complexity index is 1620. The van der Waals surface area contributed by atoms with Crippen LogP contribution in [0.1, 0.15) is 35.5 Å². The number of carbonyl (C=O) groups excluding carboxylic acids is 1. The van der Waals surface area contributed by atoms with Crippen LogP contribution in [0, 0.1) is 0 Å². The average molecular weight is 557 g/mol. The van der Waals surface area contributed by atoms with Crippen LogP contribution in [0.5, 0.6) is 0 Å². The molecule has 2 aliphatic heterocycles. The first-order valence-corrected chi connectivity index (χ1v) is 13.8.